The van der Waals surface area contributed by atoms with Gasteiger partial charge >= 0.3 is 0 Å². The number of carbonyl (C=O) groups is 5. The molecule has 212 valence electrons. The summed E-state index contributed by atoms with van der Waals surface area (Å²) in [5.41, 5.74) is 11.1. The largest absolute Gasteiger partial charge is 0.543 e. The molecule has 2 atom stereocenters. The third-order valence-corrected chi connectivity index (χ3v) is 8.50. The Labute approximate surface area is 239 Å². The Morgan fingerprint density at radius 3 is 2.78 bits per heavy atom. The Bertz CT molecular complexity index is 1580. The molecule has 5 heterocycles. The van der Waals surface area contributed by atoms with E-state index in [0.717, 1.165) is 16.2 Å². The number of rotatable bonds is 8. The fourth-order valence-corrected chi connectivity index (χ4v) is 6.57. The number of hydrogen-bond donors (Lipinski definition) is 4. The number of pyridine rings is 1. The van der Waals surface area contributed by atoms with Gasteiger partial charge in [-0.25, -0.2) is 4.98 Å². The molecule has 2 aromatic rings. The SMILES string of the molecule is NC(=O)C[n+]1cccc(N2CC/C(=C\C3=C(C(=O)[O-])N4C(=O)[C@@H](NC(=O)/C(=N\O)c5csc(N)n5)[C@H]4SC3)C2=O)c1. The van der Waals surface area contributed by atoms with Gasteiger partial charge in [0, 0.05) is 29.3 Å². The highest BCUT2D eigenvalue weighted by Crippen LogP contribution is 2.41. The summed E-state index contributed by atoms with van der Waals surface area (Å²) in [6, 6.07) is 2.28. The van der Waals surface area contributed by atoms with Gasteiger partial charge in [-0.3, -0.25) is 24.1 Å². The van der Waals surface area contributed by atoms with Crippen molar-refractivity contribution in [2.45, 2.75) is 24.4 Å². The number of thiazole rings is 1. The minimum absolute atomic E-state index is 0.0186. The molecule has 15 nitrogen and oxygen atoms in total. The summed E-state index contributed by atoms with van der Waals surface area (Å²) < 4.78 is 1.55. The third-order valence-electron chi connectivity index (χ3n) is 6.52. The van der Waals surface area contributed by atoms with Gasteiger partial charge in [-0.1, -0.05) is 5.16 Å². The molecule has 2 fully saturated rings. The standard InChI is InChI=1S/C24H22N8O7S2/c25-15(33)8-30-4-1-2-13(7-30)31-5-3-11(20(31)35)6-12-9-40-22-17(21(36)32(22)18(12)23(37)38)28-19(34)16(29-39)14-10-41-24(26)27-14/h1-2,4,6-7,10,17,22H,3,5,8-9H2,(H6-,25,26,27,28,33,34,37,38,39)/b11-6+/t17-,22-/m1/s1. The molecule has 3 aliphatic heterocycles. The van der Waals surface area contributed by atoms with Gasteiger partial charge in [-0.05, 0) is 24.1 Å². The van der Waals surface area contributed by atoms with E-state index in [9.17, 15) is 34.3 Å². The predicted octanol–water partition coefficient (Wildman–Crippen LogP) is -2.56. The lowest BCUT2D eigenvalue weighted by molar-refractivity contribution is -0.683. The van der Waals surface area contributed by atoms with Crippen LogP contribution in [0.1, 0.15) is 12.1 Å². The van der Waals surface area contributed by atoms with Crippen LogP contribution < -0.4 is 31.4 Å². The minimum atomic E-state index is -1.60. The maximum absolute atomic E-state index is 13.2. The highest BCUT2D eigenvalue weighted by molar-refractivity contribution is 8.00. The zero-order valence-electron chi connectivity index (χ0n) is 21.1. The zero-order valence-corrected chi connectivity index (χ0v) is 22.7. The molecule has 0 bridgehead atoms. The number of amides is 4. The summed E-state index contributed by atoms with van der Waals surface area (Å²) in [5.74, 6) is -3.97. The van der Waals surface area contributed by atoms with Gasteiger partial charge in [-0.2, -0.15) is 4.57 Å². The normalized spacial score (nSPS) is 21.7. The third kappa shape index (κ3) is 5.23. The molecule has 0 aromatic carbocycles. The number of carboxylic acids is 1. The minimum Gasteiger partial charge on any atom is -0.543 e. The molecular formula is C24H22N8O7S2. The number of nitrogens with zero attached hydrogens (tertiary/aromatic N) is 5. The predicted molar refractivity (Wildman–Crippen MR) is 143 cm³/mol. The number of nitrogens with one attached hydrogen (secondary N) is 1. The highest BCUT2D eigenvalue weighted by Gasteiger charge is 2.53. The number of nitrogen functional groups attached to an aromatic ring is 1. The van der Waals surface area contributed by atoms with E-state index in [2.05, 4.69) is 15.5 Å². The molecule has 2 saturated heterocycles. The first kappa shape index (κ1) is 27.8. The maximum atomic E-state index is 13.2. The van der Waals surface area contributed by atoms with Crippen molar-refractivity contribution in [3.63, 3.8) is 0 Å². The lowest BCUT2D eigenvalue weighted by Gasteiger charge is -2.50. The molecule has 2 aromatic heterocycles. The first-order valence-corrected chi connectivity index (χ1v) is 13.9. The first-order chi connectivity index (χ1) is 19.6. The topological polar surface area (TPSA) is 228 Å². The maximum Gasteiger partial charge on any atom is 0.283 e. The zero-order chi connectivity index (χ0) is 29.4. The van der Waals surface area contributed by atoms with Crippen molar-refractivity contribution in [3.8, 4) is 0 Å². The molecular weight excluding hydrogens is 576 g/mol. The van der Waals surface area contributed by atoms with E-state index in [1.807, 2.05) is 0 Å². The molecule has 0 unspecified atom stereocenters. The van der Waals surface area contributed by atoms with Gasteiger partial charge in [0.2, 0.25) is 6.54 Å². The van der Waals surface area contributed by atoms with Gasteiger partial charge in [0.15, 0.2) is 23.2 Å². The number of hydrogen-bond acceptors (Lipinski definition) is 12. The van der Waals surface area contributed by atoms with Gasteiger partial charge < -0.3 is 36.8 Å². The fraction of sp³-hybridized carbons (Fsp3) is 0.250. The van der Waals surface area contributed by atoms with Crippen LogP contribution in [0.25, 0.3) is 0 Å². The van der Waals surface area contributed by atoms with E-state index >= 15 is 0 Å². The number of fused-ring (bicyclic) bond motifs is 1. The second-order valence-corrected chi connectivity index (χ2v) is 11.1. The van der Waals surface area contributed by atoms with Gasteiger partial charge in [-0.15, -0.1) is 23.1 Å². The summed E-state index contributed by atoms with van der Waals surface area (Å²) in [6.45, 7) is 0.267. The molecule has 3 aliphatic rings. The number of aromatic nitrogens is 2. The van der Waals surface area contributed by atoms with Gasteiger partial charge in [0.1, 0.15) is 22.8 Å². The van der Waals surface area contributed by atoms with Crippen molar-refractivity contribution in [2.24, 2.45) is 10.9 Å². The highest BCUT2D eigenvalue weighted by atomic mass is 32.2. The number of nitrogens with two attached hydrogens (primary N) is 2. The second kappa shape index (κ2) is 11.0. The van der Waals surface area contributed by atoms with Crippen LogP contribution >= 0.6 is 23.1 Å². The van der Waals surface area contributed by atoms with Crippen LogP contribution in [0.15, 0.2) is 58.0 Å². The number of oxime groups is 1. The van der Waals surface area contributed by atoms with E-state index < -0.39 is 40.8 Å². The van der Waals surface area contributed by atoms with Crippen LogP contribution in [0.5, 0.6) is 0 Å². The Morgan fingerprint density at radius 1 is 1.34 bits per heavy atom. The number of allylic oxidation sites excluding steroid dienone is 1. The number of primary amides is 1. The lowest BCUT2D eigenvalue weighted by Crippen LogP contribution is -2.71. The number of aliphatic carboxylic acids is 1. The van der Waals surface area contributed by atoms with E-state index in [1.165, 1.54) is 28.1 Å². The first-order valence-electron chi connectivity index (χ1n) is 12.0. The number of thioether (sulfide) groups is 1. The summed E-state index contributed by atoms with van der Waals surface area (Å²) in [6.07, 6.45) is 5.03. The Balaban J connectivity index is 1.34. The smallest absolute Gasteiger partial charge is 0.283 e. The molecule has 0 saturated carbocycles. The molecule has 6 N–H and O–H groups in total. The average Bonchev–Trinajstić information content (AvgIpc) is 3.52. The summed E-state index contributed by atoms with van der Waals surface area (Å²) in [4.78, 5) is 68.7. The quantitative estimate of drug-likeness (QED) is 0.0620. The van der Waals surface area contributed by atoms with Crippen LogP contribution in [-0.4, -0.2) is 74.1 Å². The Morgan fingerprint density at radius 2 is 2.12 bits per heavy atom. The summed E-state index contributed by atoms with van der Waals surface area (Å²) in [7, 11) is 0. The van der Waals surface area contributed by atoms with Crippen LogP contribution in [0, 0.1) is 0 Å². The van der Waals surface area contributed by atoms with E-state index in [4.69, 9.17) is 11.5 Å². The van der Waals surface area contributed by atoms with Crippen molar-refractivity contribution in [1.29, 1.82) is 0 Å². The molecule has 5 rings (SSSR count). The monoisotopic (exact) mass is 598 g/mol. The fourth-order valence-electron chi connectivity index (χ4n) is 4.71. The van der Waals surface area contributed by atoms with Crippen LogP contribution in [-0.2, 0) is 30.5 Å². The molecule has 4 amide bonds. The summed E-state index contributed by atoms with van der Waals surface area (Å²) >= 11 is 2.22. The van der Waals surface area contributed by atoms with Crippen molar-refractivity contribution in [3.05, 3.63) is 58.5 Å². The van der Waals surface area contributed by atoms with Crippen LogP contribution in [0.4, 0.5) is 10.8 Å². The van der Waals surface area contributed by atoms with Crippen molar-refractivity contribution >= 4 is 69.2 Å². The molecule has 17 heteroatoms. The van der Waals surface area contributed by atoms with E-state index in [-0.39, 0.29) is 40.3 Å². The van der Waals surface area contributed by atoms with Crippen molar-refractivity contribution < 1.29 is 38.9 Å². The number of carbonyl (C=O) groups excluding carboxylic acids is 5. The molecule has 0 spiro atoms. The van der Waals surface area contributed by atoms with E-state index in [0.29, 0.717) is 24.2 Å². The Kier molecular flexibility index (Phi) is 7.46. The second-order valence-electron chi connectivity index (χ2n) is 9.12. The van der Waals surface area contributed by atoms with E-state index in [1.54, 1.807) is 29.1 Å². The average molecular weight is 599 g/mol. The Hall–Kier alpha value is -4.77. The van der Waals surface area contributed by atoms with Gasteiger partial charge in [0.25, 0.3) is 23.6 Å². The molecule has 0 radical (unpaired) electrons. The lowest BCUT2D eigenvalue weighted by atomic mass is 10.0. The van der Waals surface area contributed by atoms with Crippen molar-refractivity contribution in [2.75, 3.05) is 22.9 Å². The molecule has 41 heavy (non-hydrogen) atoms. The number of anilines is 2. The molecule has 0 aliphatic carbocycles. The summed E-state index contributed by atoms with van der Waals surface area (Å²) in [5, 5.41) is 27.7. The number of β-lactam (4-membered cyclic amide) rings is 1. The van der Waals surface area contributed by atoms with Crippen LogP contribution in [0.2, 0.25) is 0 Å². The van der Waals surface area contributed by atoms with Crippen LogP contribution in [0.3, 0.4) is 0 Å². The number of carboxylic acid groups (broad SMARTS) is 1. The van der Waals surface area contributed by atoms with Gasteiger partial charge in [0.05, 0.1) is 11.7 Å². The van der Waals surface area contributed by atoms with Crippen molar-refractivity contribution in [1.82, 2.24) is 15.2 Å².